The minimum absolute atomic E-state index is 0.0760. The minimum atomic E-state index is -0.325. The summed E-state index contributed by atoms with van der Waals surface area (Å²) >= 11 is 1.23. The molecule has 1 aromatic heterocycles. The van der Waals surface area contributed by atoms with Gasteiger partial charge in [0.05, 0.1) is 12.5 Å². The molecule has 2 atom stereocenters. The minimum Gasteiger partial charge on any atom is -0.369 e. The lowest BCUT2D eigenvalue weighted by atomic mass is 9.85. The average molecular weight is 440 g/mol. The zero-order valence-corrected chi connectivity index (χ0v) is 17.7. The Morgan fingerprint density at radius 1 is 1.19 bits per heavy atom. The van der Waals surface area contributed by atoms with Crippen LogP contribution >= 0.6 is 11.3 Å². The summed E-state index contributed by atoms with van der Waals surface area (Å²) < 4.78 is 13.0. The van der Waals surface area contributed by atoms with E-state index in [1.54, 1.807) is 12.1 Å². The van der Waals surface area contributed by atoms with Crippen molar-refractivity contribution in [2.24, 2.45) is 5.73 Å². The van der Waals surface area contributed by atoms with Crippen LogP contribution in [-0.2, 0) is 17.9 Å². The molecule has 0 radical (unpaired) electrons. The third-order valence-electron chi connectivity index (χ3n) is 5.41. The van der Waals surface area contributed by atoms with E-state index < -0.39 is 0 Å². The van der Waals surface area contributed by atoms with E-state index in [4.69, 9.17) is 5.73 Å². The van der Waals surface area contributed by atoms with Crippen LogP contribution in [0.15, 0.2) is 48.5 Å². The molecule has 0 aliphatic carbocycles. The number of fused-ring (bicyclic) bond motifs is 1. The SMILES string of the molecule is CC1CC(C(N)=O)c2ccccc2N1Cc1nnc(C(=O)NCc2ccc(F)cc2)s1. The number of primary amides is 1. The molecule has 0 saturated carbocycles. The Hall–Kier alpha value is -3.33. The Kier molecular flexibility index (Phi) is 5.94. The van der Waals surface area contributed by atoms with Gasteiger partial charge in [-0.2, -0.15) is 0 Å². The van der Waals surface area contributed by atoms with Crippen LogP contribution in [0.2, 0.25) is 0 Å². The molecule has 0 fully saturated rings. The number of nitrogens with two attached hydrogens (primary N) is 1. The summed E-state index contributed by atoms with van der Waals surface area (Å²) in [6, 6.07) is 13.7. The summed E-state index contributed by atoms with van der Waals surface area (Å²) in [7, 11) is 0. The molecule has 2 aromatic carbocycles. The Balaban J connectivity index is 1.45. The number of benzene rings is 2. The molecule has 0 saturated heterocycles. The van der Waals surface area contributed by atoms with Gasteiger partial charge in [0.25, 0.3) is 5.91 Å². The number of aromatic nitrogens is 2. The van der Waals surface area contributed by atoms with E-state index in [0.29, 0.717) is 18.0 Å². The van der Waals surface area contributed by atoms with Gasteiger partial charge in [-0.1, -0.05) is 41.7 Å². The van der Waals surface area contributed by atoms with Crippen LogP contribution in [0.5, 0.6) is 0 Å². The monoisotopic (exact) mass is 439 g/mol. The number of amides is 2. The van der Waals surface area contributed by atoms with E-state index in [2.05, 4.69) is 20.4 Å². The molecular formula is C22H22FN5O2S. The van der Waals surface area contributed by atoms with Crippen molar-refractivity contribution in [2.75, 3.05) is 4.90 Å². The number of carbonyl (C=O) groups is 2. The molecule has 9 heteroatoms. The molecule has 4 rings (SSSR count). The number of hydrogen-bond acceptors (Lipinski definition) is 6. The van der Waals surface area contributed by atoms with Gasteiger partial charge in [0.2, 0.25) is 10.9 Å². The number of hydrogen-bond donors (Lipinski definition) is 2. The van der Waals surface area contributed by atoms with Gasteiger partial charge in [-0.15, -0.1) is 10.2 Å². The number of nitrogens with zero attached hydrogens (tertiary/aromatic N) is 3. The van der Waals surface area contributed by atoms with Crippen molar-refractivity contribution in [3.63, 3.8) is 0 Å². The Labute approximate surface area is 183 Å². The van der Waals surface area contributed by atoms with Gasteiger partial charge >= 0.3 is 0 Å². The van der Waals surface area contributed by atoms with E-state index in [1.807, 2.05) is 31.2 Å². The Morgan fingerprint density at radius 3 is 2.68 bits per heavy atom. The van der Waals surface area contributed by atoms with E-state index >= 15 is 0 Å². The van der Waals surface area contributed by atoms with Crippen molar-refractivity contribution in [1.82, 2.24) is 15.5 Å². The second kappa shape index (κ2) is 8.81. The molecule has 3 aromatic rings. The molecule has 2 heterocycles. The fourth-order valence-electron chi connectivity index (χ4n) is 3.80. The van der Waals surface area contributed by atoms with Crippen LogP contribution in [0, 0.1) is 5.82 Å². The van der Waals surface area contributed by atoms with Gasteiger partial charge in [-0.25, -0.2) is 4.39 Å². The van der Waals surface area contributed by atoms with Gasteiger partial charge < -0.3 is 16.0 Å². The average Bonchev–Trinajstić information content (AvgIpc) is 3.23. The lowest BCUT2D eigenvalue weighted by Crippen LogP contribution is -2.41. The van der Waals surface area contributed by atoms with Crippen molar-refractivity contribution < 1.29 is 14.0 Å². The fraction of sp³-hybridized carbons (Fsp3) is 0.273. The number of para-hydroxylation sites is 1. The molecule has 0 spiro atoms. The van der Waals surface area contributed by atoms with Gasteiger partial charge in [-0.3, -0.25) is 9.59 Å². The van der Waals surface area contributed by atoms with Crippen LogP contribution in [0.4, 0.5) is 10.1 Å². The van der Waals surface area contributed by atoms with Crippen molar-refractivity contribution >= 4 is 28.8 Å². The van der Waals surface area contributed by atoms with Crippen LogP contribution in [0.25, 0.3) is 0 Å². The summed E-state index contributed by atoms with van der Waals surface area (Å²) in [5.74, 6) is -1.28. The second-order valence-corrected chi connectivity index (χ2v) is 8.60. The molecule has 1 aliphatic heterocycles. The molecule has 31 heavy (non-hydrogen) atoms. The third-order valence-corrected chi connectivity index (χ3v) is 6.31. The van der Waals surface area contributed by atoms with E-state index in [9.17, 15) is 14.0 Å². The first-order chi connectivity index (χ1) is 14.9. The summed E-state index contributed by atoms with van der Waals surface area (Å²) in [6.45, 7) is 2.80. The number of nitrogens with one attached hydrogen (secondary N) is 1. The standard InChI is InChI=1S/C22H22FN5O2S/c1-13-10-17(20(24)29)16-4-2-3-5-18(16)28(13)12-19-26-27-22(31-19)21(30)25-11-14-6-8-15(23)9-7-14/h2-9,13,17H,10-12H2,1H3,(H2,24,29)(H,25,30). The van der Waals surface area contributed by atoms with Gasteiger partial charge in [-0.05, 0) is 42.7 Å². The number of anilines is 1. The summed E-state index contributed by atoms with van der Waals surface area (Å²) in [4.78, 5) is 26.5. The maximum absolute atomic E-state index is 13.0. The topological polar surface area (TPSA) is 101 Å². The molecule has 0 bridgehead atoms. The predicted octanol–water partition coefficient (Wildman–Crippen LogP) is 2.97. The van der Waals surface area contributed by atoms with Gasteiger partial charge in [0.1, 0.15) is 10.8 Å². The smallest absolute Gasteiger partial charge is 0.282 e. The molecule has 1 aliphatic rings. The van der Waals surface area contributed by atoms with E-state index in [1.165, 1.54) is 23.5 Å². The second-order valence-electron chi connectivity index (χ2n) is 7.54. The molecule has 2 amide bonds. The van der Waals surface area contributed by atoms with E-state index in [0.717, 1.165) is 16.8 Å². The lowest BCUT2D eigenvalue weighted by Gasteiger charge is -2.39. The first-order valence-electron chi connectivity index (χ1n) is 9.92. The van der Waals surface area contributed by atoms with Gasteiger partial charge in [0.15, 0.2) is 0 Å². The zero-order chi connectivity index (χ0) is 22.0. The highest BCUT2D eigenvalue weighted by Crippen LogP contribution is 2.39. The largest absolute Gasteiger partial charge is 0.369 e. The van der Waals surface area contributed by atoms with Crippen LogP contribution in [0.1, 0.15) is 45.2 Å². The summed E-state index contributed by atoms with van der Waals surface area (Å²) in [5.41, 5.74) is 8.27. The van der Waals surface area contributed by atoms with Gasteiger partial charge in [0, 0.05) is 18.3 Å². The summed E-state index contributed by atoms with van der Waals surface area (Å²) in [5, 5.41) is 12.0. The highest BCUT2D eigenvalue weighted by atomic mass is 32.1. The third kappa shape index (κ3) is 4.56. The molecule has 7 nitrogen and oxygen atoms in total. The zero-order valence-electron chi connectivity index (χ0n) is 16.9. The first kappa shape index (κ1) is 20.9. The fourth-order valence-corrected chi connectivity index (χ4v) is 4.56. The quantitative estimate of drug-likeness (QED) is 0.615. The maximum atomic E-state index is 13.0. The molecule has 2 unspecified atom stereocenters. The Morgan fingerprint density at radius 2 is 1.94 bits per heavy atom. The van der Waals surface area contributed by atoms with Crippen molar-refractivity contribution in [3.05, 3.63) is 75.5 Å². The number of rotatable bonds is 6. The summed E-state index contributed by atoms with van der Waals surface area (Å²) in [6.07, 6.45) is 0.621. The predicted molar refractivity (Wildman–Crippen MR) is 116 cm³/mol. The van der Waals surface area contributed by atoms with Crippen molar-refractivity contribution in [3.8, 4) is 0 Å². The lowest BCUT2D eigenvalue weighted by molar-refractivity contribution is -0.119. The Bertz CT molecular complexity index is 1100. The van der Waals surface area contributed by atoms with E-state index in [-0.39, 0.29) is 41.1 Å². The number of halogens is 1. The maximum Gasteiger partial charge on any atom is 0.282 e. The highest BCUT2D eigenvalue weighted by molar-refractivity contribution is 7.13. The molecule has 160 valence electrons. The molecular weight excluding hydrogens is 417 g/mol. The van der Waals surface area contributed by atoms with Crippen LogP contribution in [0.3, 0.4) is 0 Å². The number of carbonyl (C=O) groups excluding carboxylic acids is 2. The van der Waals surface area contributed by atoms with Crippen molar-refractivity contribution in [2.45, 2.75) is 38.4 Å². The first-order valence-corrected chi connectivity index (χ1v) is 10.7. The normalized spacial score (nSPS) is 17.8. The van der Waals surface area contributed by atoms with Crippen LogP contribution < -0.4 is 16.0 Å². The van der Waals surface area contributed by atoms with Crippen molar-refractivity contribution in [1.29, 1.82) is 0 Å². The van der Waals surface area contributed by atoms with Crippen LogP contribution in [-0.4, -0.2) is 28.1 Å². The highest BCUT2D eigenvalue weighted by Gasteiger charge is 2.33. The molecule has 3 N–H and O–H groups in total.